The maximum absolute atomic E-state index is 11.2. The quantitative estimate of drug-likeness (QED) is 0.773. The van der Waals surface area contributed by atoms with Crippen molar-refractivity contribution in [1.82, 2.24) is 5.32 Å². The highest BCUT2D eigenvalue weighted by atomic mass is 16.5. The van der Waals surface area contributed by atoms with Gasteiger partial charge in [-0.25, -0.2) is 4.79 Å². The van der Waals surface area contributed by atoms with Gasteiger partial charge < -0.3 is 19.2 Å². The molecule has 0 bridgehead atoms. The van der Waals surface area contributed by atoms with E-state index in [1.54, 1.807) is 6.07 Å². The van der Waals surface area contributed by atoms with Gasteiger partial charge in [0, 0.05) is 12.6 Å². The highest BCUT2D eigenvalue weighted by Crippen LogP contribution is 2.10. The van der Waals surface area contributed by atoms with Gasteiger partial charge in [-0.3, -0.25) is 0 Å². The first kappa shape index (κ1) is 11.2. The maximum Gasteiger partial charge on any atom is 0.341 e. The lowest BCUT2D eigenvalue weighted by Gasteiger charge is -2.07. The van der Waals surface area contributed by atoms with Crippen LogP contribution in [0.1, 0.15) is 22.5 Å². The molecular weight excluding hydrogens is 210 g/mol. The minimum atomic E-state index is -0.376. The van der Waals surface area contributed by atoms with Crippen LogP contribution in [-0.4, -0.2) is 32.3 Å². The van der Waals surface area contributed by atoms with E-state index in [4.69, 9.17) is 9.15 Å². The molecule has 0 radical (unpaired) electrons. The number of methoxy groups -OCH3 is 1. The smallest absolute Gasteiger partial charge is 0.341 e. The zero-order chi connectivity index (χ0) is 11.4. The third-order valence-electron chi connectivity index (χ3n) is 2.57. The van der Waals surface area contributed by atoms with E-state index in [0.29, 0.717) is 18.2 Å². The van der Waals surface area contributed by atoms with Crippen LogP contribution in [-0.2, 0) is 16.0 Å². The van der Waals surface area contributed by atoms with Crippen molar-refractivity contribution in [2.45, 2.75) is 19.0 Å². The zero-order valence-corrected chi connectivity index (χ0v) is 9.19. The summed E-state index contributed by atoms with van der Waals surface area (Å²) in [6.07, 6.45) is 2.43. The van der Waals surface area contributed by atoms with Crippen LogP contribution in [0.15, 0.2) is 16.7 Å². The largest absolute Gasteiger partial charge is 0.467 e. The van der Waals surface area contributed by atoms with Crippen LogP contribution in [0.4, 0.5) is 0 Å². The lowest BCUT2D eigenvalue weighted by molar-refractivity contribution is 0.0600. The second kappa shape index (κ2) is 5.14. The van der Waals surface area contributed by atoms with Crippen LogP contribution in [0.3, 0.4) is 0 Å². The molecule has 0 saturated carbocycles. The first-order valence-corrected chi connectivity index (χ1v) is 5.26. The van der Waals surface area contributed by atoms with Crippen LogP contribution in [0.2, 0.25) is 0 Å². The van der Waals surface area contributed by atoms with Gasteiger partial charge in [0.2, 0.25) is 0 Å². The number of carbonyl (C=O) groups excluding carboxylic acids is 1. The second-order valence-electron chi connectivity index (χ2n) is 3.73. The standard InChI is InChI=1S/C11H15NO4/c1-14-11(13)8-4-10(16-6-8)5-12-9-2-3-15-7-9/h4,6,9,12H,2-3,5,7H2,1H3. The summed E-state index contributed by atoms with van der Waals surface area (Å²) in [6, 6.07) is 2.07. The number of esters is 1. The molecule has 2 heterocycles. The van der Waals surface area contributed by atoms with E-state index in [9.17, 15) is 4.79 Å². The normalized spacial score (nSPS) is 19.9. The summed E-state index contributed by atoms with van der Waals surface area (Å²) in [6.45, 7) is 2.15. The first-order valence-electron chi connectivity index (χ1n) is 5.26. The summed E-state index contributed by atoms with van der Waals surface area (Å²) >= 11 is 0. The molecule has 1 aliphatic rings. The molecule has 2 rings (SSSR count). The van der Waals surface area contributed by atoms with E-state index in [2.05, 4.69) is 10.1 Å². The molecule has 1 aromatic rings. The zero-order valence-electron chi connectivity index (χ0n) is 9.19. The number of carbonyl (C=O) groups is 1. The summed E-state index contributed by atoms with van der Waals surface area (Å²) in [4.78, 5) is 11.2. The van der Waals surface area contributed by atoms with Crippen molar-refractivity contribution in [2.75, 3.05) is 20.3 Å². The van der Waals surface area contributed by atoms with E-state index in [1.807, 2.05) is 0 Å². The fourth-order valence-electron chi connectivity index (χ4n) is 1.64. The maximum atomic E-state index is 11.2. The number of furan rings is 1. The van der Waals surface area contributed by atoms with Crippen LogP contribution in [0, 0.1) is 0 Å². The Hall–Kier alpha value is -1.33. The third-order valence-corrected chi connectivity index (χ3v) is 2.57. The highest BCUT2D eigenvalue weighted by Gasteiger charge is 2.16. The van der Waals surface area contributed by atoms with Gasteiger partial charge in [-0.1, -0.05) is 0 Å². The summed E-state index contributed by atoms with van der Waals surface area (Å²) in [5, 5.41) is 3.30. The van der Waals surface area contributed by atoms with Gasteiger partial charge in [0.05, 0.1) is 25.8 Å². The summed E-state index contributed by atoms with van der Waals surface area (Å²) in [5.74, 6) is 0.353. The summed E-state index contributed by atoms with van der Waals surface area (Å²) in [5.41, 5.74) is 0.446. The van der Waals surface area contributed by atoms with Crippen molar-refractivity contribution >= 4 is 5.97 Å². The van der Waals surface area contributed by atoms with Gasteiger partial charge in [-0.05, 0) is 12.5 Å². The Balaban J connectivity index is 1.85. The number of hydrogen-bond acceptors (Lipinski definition) is 5. The molecule has 1 N–H and O–H groups in total. The van der Waals surface area contributed by atoms with E-state index in [1.165, 1.54) is 13.4 Å². The molecule has 1 fully saturated rings. The monoisotopic (exact) mass is 225 g/mol. The van der Waals surface area contributed by atoms with Crippen molar-refractivity contribution < 1.29 is 18.7 Å². The van der Waals surface area contributed by atoms with Crippen LogP contribution >= 0.6 is 0 Å². The second-order valence-corrected chi connectivity index (χ2v) is 3.73. The molecular formula is C11H15NO4. The van der Waals surface area contributed by atoms with Gasteiger partial charge in [-0.15, -0.1) is 0 Å². The van der Waals surface area contributed by atoms with Crippen molar-refractivity contribution in [3.8, 4) is 0 Å². The Labute approximate surface area is 93.7 Å². The predicted octanol–water partition coefficient (Wildman–Crippen LogP) is 0.945. The molecule has 1 aromatic heterocycles. The Kier molecular flexibility index (Phi) is 3.58. The predicted molar refractivity (Wildman–Crippen MR) is 56.1 cm³/mol. The topological polar surface area (TPSA) is 60.7 Å². The molecule has 1 atom stereocenters. The van der Waals surface area contributed by atoms with E-state index in [0.717, 1.165) is 25.4 Å². The van der Waals surface area contributed by atoms with Crippen molar-refractivity contribution in [3.63, 3.8) is 0 Å². The van der Waals surface area contributed by atoms with Crippen LogP contribution in [0.25, 0.3) is 0 Å². The fraction of sp³-hybridized carbons (Fsp3) is 0.545. The Morgan fingerprint density at radius 2 is 2.56 bits per heavy atom. The highest BCUT2D eigenvalue weighted by molar-refractivity contribution is 5.88. The molecule has 5 heteroatoms. The van der Waals surface area contributed by atoms with E-state index in [-0.39, 0.29) is 5.97 Å². The number of ether oxygens (including phenoxy) is 2. The molecule has 0 amide bonds. The van der Waals surface area contributed by atoms with Crippen molar-refractivity contribution in [2.24, 2.45) is 0 Å². The molecule has 0 aliphatic carbocycles. The molecule has 16 heavy (non-hydrogen) atoms. The van der Waals surface area contributed by atoms with E-state index < -0.39 is 0 Å². The Morgan fingerprint density at radius 3 is 3.25 bits per heavy atom. The molecule has 0 spiro atoms. The summed E-state index contributed by atoms with van der Waals surface area (Å²) < 4.78 is 15.1. The first-order chi connectivity index (χ1) is 7.79. The Bertz CT molecular complexity index is 355. The number of nitrogens with one attached hydrogen (secondary N) is 1. The van der Waals surface area contributed by atoms with Crippen molar-refractivity contribution in [1.29, 1.82) is 0 Å². The summed E-state index contributed by atoms with van der Waals surface area (Å²) in [7, 11) is 1.35. The molecule has 1 unspecified atom stereocenters. The molecule has 1 aliphatic heterocycles. The third kappa shape index (κ3) is 2.62. The number of hydrogen-bond donors (Lipinski definition) is 1. The van der Waals surface area contributed by atoms with Crippen LogP contribution in [0.5, 0.6) is 0 Å². The average Bonchev–Trinajstić information content (AvgIpc) is 2.96. The van der Waals surface area contributed by atoms with Gasteiger partial charge in [0.15, 0.2) is 0 Å². The van der Waals surface area contributed by atoms with Gasteiger partial charge in [-0.2, -0.15) is 0 Å². The van der Waals surface area contributed by atoms with E-state index >= 15 is 0 Å². The molecule has 88 valence electrons. The molecule has 1 saturated heterocycles. The fourth-order valence-corrected chi connectivity index (χ4v) is 1.64. The van der Waals surface area contributed by atoms with Gasteiger partial charge in [0.25, 0.3) is 0 Å². The van der Waals surface area contributed by atoms with Crippen LogP contribution < -0.4 is 5.32 Å². The molecule has 5 nitrogen and oxygen atoms in total. The SMILES string of the molecule is COC(=O)c1coc(CNC2CCOC2)c1. The lowest BCUT2D eigenvalue weighted by Crippen LogP contribution is -2.28. The van der Waals surface area contributed by atoms with Gasteiger partial charge >= 0.3 is 5.97 Å². The van der Waals surface area contributed by atoms with Gasteiger partial charge in [0.1, 0.15) is 12.0 Å². The average molecular weight is 225 g/mol. The molecule has 0 aromatic carbocycles. The van der Waals surface area contributed by atoms with Crippen molar-refractivity contribution in [3.05, 3.63) is 23.7 Å². The number of rotatable bonds is 4. The minimum Gasteiger partial charge on any atom is -0.467 e. The Morgan fingerprint density at radius 1 is 1.69 bits per heavy atom. The lowest BCUT2D eigenvalue weighted by atomic mass is 10.2. The minimum absolute atomic E-state index is 0.376.